The van der Waals surface area contributed by atoms with E-state index < -0.39 is 0 Å². The van der Waals surface area contributed by atoms with Gasteiger partial charge in [-0.2, -0.15) is 0 Å². The molecule has 0 radical (unpaired) electrons. The van der Waals surface area contributed by atoms with Crippen molar-refractivity contribution in [2.75, 3.05) is 18.0 Å². The highest BCUT2D eigenvalue weighted by Gasteiger charge is 2.16. The van der Waals surface area contributed by atoms with E-state index >= 15 is 0 Å². The number of anilines is 2. The highest BCUT2D eigenvalue weighted by Crippen LogP contribution is 2.28. The van der Waals surface area contributed by atoms with Crippen LogP contribution in [0.15, 0.2) is 36.9 Å². The molecule has 7 heteroatoms. The molecule has 0 amide bonds. The average Bonchev–Trinajstić information content (AvgIpc) is 2.97. The Morgan fingerprint density at radius 1 is 1.24 bits per heavy atom. The highest BCUT2D eigenvalue weighted by atomic mass is 19.1. The molecule has 1 aromatic carbocycles. The molecule has 2 heterocycles. The third-order valence-electron chi connectivity index (χ3n) is 3.16. The summed E-state index contributed by atoms with van der Waals surface area (Å²) in [5.74, 6) is 0.372. The minimum Gasteiger partial charge on any atom is -0.340 e. The largest absolute Gasteiger partial charge is 0.340 e. The zero-order valence-electron chi connectivity index (χ0n) is 11.3. The first-order valence-electron chi connectivity index (χ1n) is 6.67. The lowest BCUT2D eigenvalue weighted by molar-refractivity contribution is 0.627. The molecule has 0 aliphatic heterocycles. The third kappa shape index (κ3) is 2.68. The number of hydrogen-bond acceptors (Lipinski definition) is 5. The molecule has 0 aliphatic carbocycles. The molecule has 0 saturated carbocycles. The molecule has 2 aromatic heterocycles. The van der Waals surface area contributed by atoms with Gasteiger partial charge in [-0.3, -0.25) is 0 Å². The van der Waals surface area contributed by atoms with Crippen molar-refractivity contribution in [2.45, 2.75) is 6.42 Å². The molecule has 21 heavy (non-hydrogen) atoms. The van der Waals surface area contributed by atoms with E-state index in [9.17, 15) is 4.39 Å². The molecular formula is C14H15FN6. The Hall–Kier alpha value is -2.54. The quantitative estimate of drug-likeness (QED) is 0.749. The van der Waals surface area contributed by atoms with Crippen LogP contribution in [-0.4, -0.2) is 33.0 Å². The van der Waals surface area contributed by atoms with E-state index in [0.29, 0.717) is 24.6 Å². The van der Waals surface area contributed by atoms with Crippen molar-refractivity contribution in [2.24, 2.45) is 5.73 Å². The second kappa shape index (κ2) is 5.84. The Labute approximate surface area is 120 Å². The summed E-state index contributed by atoms with van der Waals surface area (Å²) in [7, 11) is 0. The van der Waals surface area contributed by atoms with Crippen molar-refractivity contribution in [3.8, 4) is 0 Å². The van der Waals surface area contributed by atoms with Gasteiger partial charge in [-0.05, 0) is 31.2 Å². The maximum absolute atomic E-state index is 13.5. The summed E-state index contributed by atoms with van der Waals surface area (Å²) >= 11 is 0. The van der Waals surface area contributed by atoms with Crippen LogP contribution in [0, 0.1) is 5.82 Å². The van der Waals surface area contributed by atoms with E-state index in [1.54, 1.807) is 12.4 Å². The normalized spacial score (nSPS) is 11.0. The second-order valence-electron chi connectivity index (χ2n) is 4.57. The van der Waals surface area contributed by atoms with Gasteiger partial charge >= 0.3 is 0 Å². The number of nitrogens with one attached hydrogen (secondary N) is 1. The zero-order chi connectivity index (χ0) is 14.7. The minimum atomic E-state index is -0.292. The number of benzene rings is 1. The van der Waals surface area contributed by atoms with Crippen LogP contribution in [0.1, 0.15) is 6.42 Å². The summed E-state index contributed by atoms with van der Waals surface area (Å²) in [4.78, 5) is 17.5. The summed E-state index contributed by atoms with van der Waals surface area (Å²) in [5.41, 5.74) is 7.62. The maximum Gasteiger partial charge on any atom is 0.182 e. The van der Waals surface area contributed by atoms with Gasteiger partial charge in [0, 0.05) is 12.2 Å². The van der Waals surface area contributed by atoms with Crippen LogP contribution >= 0.6 is 0 Å². The van der Waals surface area contributed by atoms with Gasteiger partial charge in [0.15, 0.2) is 11.5 Å². The first-order valence-corrected chi connectivity index (χ1v) is 6.67. The number of H-pyrrole nitrogens is 1. The first kappa shape index (κ1) is 13.4. The number of nitrogens with zero attached hydrogens (tertiary/aromatic N) is 4. The van der Waals surface area contributed by atoms with E-state index in [2.05, 4.69) is 19.9 Å². The van der Waals surface area contributed by atoms with E-state index in [1.165, 1.54) is 18.5 Å². The summed E-state index contributed by atoms with van der Waals surface area (Å²) in [6.45, 7) is 1.17. The number of nitrogens with two attached hydrogens (primary N) is 1. The summed E-state index contributed by atoms with van der Waals surface area (Å²) in [6.07, 6.45) is 3.78. The molecule has 3 N–H and O–H groups in total. The summed E-state index contributed by atoms with van der Waals surface area (Å²) < 4.78 is 13.5. The van der Waals surface area contributed by atoms with Gasteiger partial charge in [0.1, 0.15) is 17.7 Å². The molecule has 0 aliphatic rings. The minimum absolute atomic E-state index is 0.292. The number of hydrogen-bond donors (Lipinski definition) is 2. The number of imidazole rings is 1. The van der Waals surface area contributed by atoms with Crippen LogP contribution in [0.4, 0.5) is 15.9 Å². The molecule has 0 atom stereocenters. The van der Waals surface area contributed by atoms with Gasteiger partial charge in [0.05, 0.1) is 6.33 Å². The number of fused-ring (bicyclic) bond motifs is 1. The van der Waals surface area contributed by atoms with Crippen molar-refractivity contribution in [3.63, 3.8) is 0 Å². The fourth-order valence-electron chi connectivity index (χ4n) is 2.21. The van der Waals surface area contributed by atoms with Crippen LogP contribution in [-0.2, 0) is 0 Å². The van der Waals surface area contributed by atoms with Gasteiger partial charge in [0.2, 0.25) is 0 Å². The van der Waals surface area contributed by atoms with Crippen LogP contribution in [0.3, 0.4) is 0 Å². The average molecular weight is 286 g/mol. The van der Waals surface area contributed by atoms with E-state index in [0.717, 1.165) is 17.6 Å². The first-order chi connectivity index (χ1) is 10.3. The standard InChI is InChI=1S/C14H15FN6/c15-10-3-1-4-11(7-10)21(6-2-5-16)14-12-13(18-8-17-12)19-9-20-14/h1,3-4,7-9H,2,5-6,16H2,(H,17,18,19,20). The van der Waals surface area contributed by atoms with Crippen molar-refractivity contribution >= 4 is 22.7 Å². The van der Waals surface area contributed by atoms with Gasteiger partial charge < -0.3 is 15.6 Å². The summed E-state index contributed by atoms with van der Waals surface area (Å²) in [6, 6.07) is 6.40. The Bertz CT molecular complexity index is 741. The van der Waals surface area contributed by atoms with Gasteiger partial charge in [-0.1, -0.05) is 6.07 Å². The van der Waals surface area contributed by atoms with Crippen LogP contribution in [0.5, 0.6) is 0 Å². The van der Waals surface area contributed by atoms with Crippen molar-refractivity contribution in [3.05, 3.63) is 42.7 Å². The van der Waals surface area contributed by atoms with Gasteiger partial charge in [-0.25, -0.2) is 19.3 Å². The Morgan fingerprint density at radius 2 is 2.14 bits per heavy atom. The van der Waals surface area contributed by atoms with Crippen molar-refractivity contribution < 1.29 is 4.39 Å². The summed E-state index contributed by atoms with van der Waals surface area (Å²) in [5, 5.41) is 0. The van der Waals surface area contributed by atoms with Crippen LogP contribution in [0.25, 0.3) is 11.2 Å². The molecule has 0 spiro atoms. The van der Waals surface area contributed by atoms with E-state index in [1.807, 2.05) is 11.0 Å². The van der Waals surface area contributed by atoms with E-state index in [-0.39, 0.29) is 5.82 Å². The molecule has 108 valence electrons. The molecule has 3 aromatic rings. The molecule has 0 bridgehead atoms. The van der Waals surface area contributed by atoms with Crippen molar-refractivity contribution in [1.29, 1.82) is 0 Å². The van der Waals surface area contributed by atoms with E-state index in [4.69, 9.17) is 5.73 Å². The van der Waals surface area contributed by atoms with Gasteiger partial charge in [-0.15, -0.1) is 0 Å². The molecule has 0 fully saturated rings. The molecule has 6 nitrogen and oxygen atoms in total. The number of aromatic nitrogens is 4. The van der Waals surface area contributed by atoms with Crippen LogP contribution < -0.4 is 10.6 Å². The third-order valence-corrected chi connectivity index (χ3v) is 3.16. The fourth-order valence-corrected chi connectivity index (χ4v) is 2.21. The molecule has 3 rings (SSSR count). The van der Waals surface area contributed by atoms with Crippen molar-refractivity contribution in [1.82, 2.24) is 19.9 Å². The Kier molecular flexibility index (Phi) is 3.74. The molecule has 0 unspecified atom stereocenters. The maximum atomic E-state index is 13.5. The molecule has 0 saturated heterocycles. The van der Waals surface area contributed by atoms with Crippen LogP contribution in [0.2, 0.25) is 0 Å². The predicted molar refractivity (Wildman–Crippen MR) is 78.8 cm³/mol. The van der Waals surface area contributed by atoms with Gasteiger partial charge in [0.25, 0.3) is 0 Å². The lowest BCUT2D eigenvalue weighted by Gasteiger charge is -2.23. The predicted octanol–water partition coefficient (Wildman–Crippen LogP) is 1.98. The highest BCUT2D eigenvalue weighted by molar-refractivity contribution is 5.85. The SMILES string of the molecule is NCCCN(c1cccc(F)c1)c1ncnc2nc[nH]c12. The number of aromatic amines is 1. The topological polar surface area (TPSA) is 83.7 Å². The zero-order valence-corrected chi connectivity index (χ0v) is 11.3. The fraction of sp³-hybridized carbons (Fsp3) is 0.214. The second-order valence-corrected chi connectivity index (χ2v) is 4.57. The lowest BCUT2D eigenvalue weighted by atomic mass is 10.2. The monoisotopic (exact) mass is 286 g/mol. The number of rotatable bonds is 5. The molecular weight excluding hydrogens is 271 g/mol. The lowest BCUT2D eigenvalue weighted by Crippen LogP contribution is -2.22. The smallest absolute Gasteiger partial charge is 0.182 e. The Morgan fingerprint density at radius 3 is 2.95 bits per heavy atom. The number of halogens is 1. The Balaban J connectivity index is 2.08.